The average Bonchev–Trinajstić information content (AvgIpc) is 2.73. The van der Waals surface area contributed by atoms with Crippen LogP contribution in [0.5, 0.6) is 0 Å². The van der Waals surface area contributed by atoms with Gasteiger partial charge < -0.3 is 0 Å². The summed E-state index contributed by atoms with van der Waals surface area (Å²) >= 11 is 0. The van der Waals surface area contributed by atoms with Gasteiger partial charge in [0.1, 0.15) is 5.82 Å². The van der Waals surface area contributed by atoms with E-state index in [2.05, 4.69) is 15.3 Å². The molecule has 0 saturated heterocycles. The summed E-state index contributed by atoms with van der Waals surface area (Å²) < 4.78 is 14.0. The average molecular weight is 230 g/mol. The number of fused-ring (bicyclic) bond motifs is 1. The van der Waals surface area contributed by atoms with Gasteiger partial charge in [-0.25, -0.2) is 14.3 Å². The van der Waals surface area contributed by atoms with Crippen molar-refractivity contribution < 1.29 is 4.39 Å². The van der Waals surface area contributed by atoms with Gasteiger partial charge in [-0.05, 0) is 23.8 Å². The van der Waals surface area contributed by atoms with E-state index in [9.17, 15) is 9.18 Å². The van der Waals surface area contributed by atoms with Gasteiger partial charge in [0.15, 0.2) is 5.65 Å². The number of hydrogen-bond donors (Lipinski definition) is 1. The van der Waals surface area contributed by atoms with Gasteiger partial charge in [0, 0.05) is 11.8 Å². The smallest absolute Gasteiger partial charge is 0.244 e. The fourth-order valence-corrected chi connectivity index (χ4v) is 1.68. The summed E-state index contributed by atoms with van der Waals surface area (Å²) in [6.45, 7) is 0. The molecule has 0 fully saturated rings. The second kappa shape index (κ2) is 3.51. The molecular formula is C11H7FN4O. The predicted molar refractivity (Wildman–Crippen MR) is 59.0 cm³/mol. The highest BCUT2D eigenvalue weighted by atomic mass is 19.1. The Morgan fingerprint density at radius 1 is 1.18 bits per heavy atom. The van der Waals surface area contributed by atoms with E-state index in [1.165, 1.54) is 22.8 Å². The van der Waals surface area contributed by atoms with Crippen molar-refractivity contribution in [1.29, 1.82) is 0 Å². The highest BCUT2D eigenvalue weighted by molar-refractivity contribution is 5.76. The number of benzene rings is 1. The summed E-state index contributed by atoms with van der Waals surface area (Å²) in [6.07, 6.45) is 1.50. The van der Waals surface area contributed by atoms with Crippen molar-refractivity contribution in [3.8, 4) is 11.1 Å². The molecular weight excluding hydrogens is 223 g/mol. The largest absolute Gasteiger partial charge is 0.364 e. The molecule has 0 aliphatic carbocycles. The molecule has 0 bridgehead atoms. The van der Waals surface area contributed by atoms with Gasteiger partial charge in [0.2, 0.25) is 0 Å². The normalized spacial score (nSPS) is 10.9. The van der Waals surface area contributed by atoms with Gasteiger partial charge >= 0.3 is 5.69 Å². The highest BCUT2D eigenvalue weighted by Gasteiger charge is 2.08. The zero-order valence-corrected chi connectivity index (χ0v) is 8.59. The Morgan fingerprint density at radius 2 is 1.94 bits per heavy atom. The van der Waals surface area contributed by atoms with Gasteiger partial charge in [0.05, 0.1) is 0 Å². The summed E-state index contributed by atoms with van der Waals surface area (Å²) in [7, 11) is 0. The monoisotopic (exact) mass is 230 g/mol. The maximum atomic E-state index is 12.8. The van der Waals surface area contributed by atoms with Crippen molar-refractivity contribution >= 4 is 5.65 Å². The number of nitrogens with one attached hydrogen (secondary N) is 1. The molecule has 17 heavy (non-hydrogen) atoms. The Labute approximate surface area is 94.5 Å². The van der Waals surface area contributed by atoms with Crippen molar-refractivity contribution in [3.63, 3.8) is 0 Å². The van der Waals surface area contributed by atoms with Crippen LogP contribution in [0.4, 0.5) is 4.39 Å². The van der Waals surface area contributed by atoms with E-state index < -0.39 is 5.69 Å². The molecule has 0 amide bonds. The zero-order chi connectivity index (χ0) is 11.8. The SMILES string of the molecule is O=c1[nH]nc2c(-c3ccc(F)cc3)ccnn12. The third-order valence-corrected chi connectivity index (χ3v) is 2.47. The van der Waals surface area contributed by atoms with Crippen LogP contribution in [-0.2, 0) is 0 Å². The molecule has 84 valence electrons. The molecule has 2 aromatic heterocycles. The van der Waals surface area contributed by atoms with Crippen LogP contribution >= 0.6 is 0 Å². The third kappa shape index (κ3) is 1.50. The summed E-state index contributed by atoms with van der Waals surface area (Å²) in [5.74, 6) is -0.307. The lowest BCUT2D eigenvalue weighted by Crippen LogP contribution is -2.11. The first kappa shape index (κ1) is 9.71. The molecule has 0 atom stereocenters. The van der Waals surface area contributed by atoms with Gasteiger partial charge in [-0.15, -0.1) is 0 Å². The van der Waals surface area contributed by atoms with Crippen LogP contribution in [0.3, 0.4) is 0 Å². The minimum atomic E-state index is -0.399. The topological polar surface area (TPSA) is 63.0 Å². The first-order valence-electron chi connectivity index (χ1n) is 4.94. The van der Waals surface area contributed by atoms with E-state index >= 15 is 0 Å². The Balaban J connectivity index is 2.30. The Kier molecular flexibility index (Phi) is 2.01. The fourth-order valence-electron chi connectivity index (χ4n) is 1.68. The predicted octanol–water partition coefficient (Wildman–Crippen LogP) is 1.22. The number of aromatic amines is 1. The lowest BCUT2D eigenvalue weighted by molar-refractivity contribution is 0.628. The molecule has 3 aromatic rings. The first-order chi connectivity index (χ1) is 8.25. The number of hydrogen-bond acceptors (Lipinski definition) is 3. The molecule has 0 aliphatic heterocycles. The van der Waals surface area contributed by atoms with Crippen molar-refractivity contribution in [1.82, 2.24) is 19.8 Å². The van der Waals surface area contributed by atoms with Gasteiger partial charge in [-0.3, -0.25) is 0 Å². The van der Waals surface area contributed by atoms with Crippen LogP contribution in [-0.4, -0.2) is 19.8 Å². The molecule has 0 unspecified atom stereocenters. The maximum Gasteiger partial charge on any atom is 0.364 e. The Hall–Kier alpha value is -2.50. The van der Waals surface area contributed by atoms with E-state index in [0.717, 1.165) is 11.1 Å². The molecule has 3 rings (SSSR count). The van der Waals surface area contributed by atoms with Gasteiger partial charge in [0.25, 0.3) is 0 Å². The second-order valence-corrected chi connectivity index (χ2v) is 3.52. The summed E-state index contributed by atoms with van der Waals surface area (Å²) in [5, 5.41) is 10.1. The molecule has 1 N–H and O–H groups in total. The molecule has 2 heterocycles. The number of aromatic nitrogens is 4. The van der Waals surface area contributed by atoms with Crippen LogP contribution in [0, 0.1) is 5.82 Å². The molecule has 0 radical (unpaired) electrons. The quantitative estimate of drug-likeness (QED) is 0.683. The van der Waals surface area contributed by atoms with E-state index in [1.54, 1.807) is 18.2 Å². The van der Waals surface area contributed by atoms with Crippen LogP contribution in [0.15, 0.2) is 41.3 Å². The molecule has 0 saturated carbocycles. The molecule has 0 aliphatic rings. The summed E-state index contributed by atoms with van der Waals surface area (Å²) in [4.78, 5) is 11.3. The van der Waals surface area contributed by atoms with Crippen LogP contribution in [0.2, 0.25) is 0 Å². The maximum absolute atomic E-state index is 12.8. The van der Waals surface area contributed by atoms with Crippen molar-refractivity contribution in [2.75, 3.05) is 0 Å². The fraction of sp³-hybridized carbons (Fsp3) is 0. The van der Waals surface area contributed by atoms with Crippen molar-refractivity contribution in [3.05, 3.63) is 52.8 Å². The Bertz CT molecular complexity index is 729. The lowest BCUT2D eigenvalue weighted by Gasteiger charge is -2.01. The summed E-state index contributed by atoms with van der Waals surface area (Å²) in [6, 6.07) is 7.70. The standard InChI is InChI=1S/C11H7FN4O/c12-8-3-1-7(2-4-8)9-5-6-13-16-10(9)14-15-11(16)17/h1-6H,(H,15,17). The van der Waals surface area contributed by atoms with Gasteiger partial charge in [-0.1, -0.05) is 12.1 Å². The number of halogens is 1. The number of H-pyrrole nitrogens is 1. The zero-order valence-electron chi connectivity index (χ0n) is 8.59. The van der Waals surface area contributed by atoms with Gasteiger partial charge in [-0.2, -0.15) is 14.7 Å². The minimum Gasteiger partial charge on any atom is -0.244 e. The molecule has 1 aromatic carbocycles. The molecule has 5 nitrogen and oxygen atoms in total. The molecule has 0 spiro atoms. The van der Waals surface area contributed by atoms with Crippen LogP contribution < -0.4 is 5.69 Å². The van der Waals surface area contributed by atoms with Crippen molar-refractivity contribution in [2.24, 2.45) is 0 Å². The van der Waals surface area contributed by atoms with E-state index in [1.807, 2.05) is 0 Å². The Morgan fingerprint density at radius 3 is 2.71 bits per heavy atom. The van der Waals surface area contributed by atoms with E-state index in [0.29, 0.717) is 5.65 Å². The number of nitrogens with zero attached hydrogens (tertiary/aromatic N) is 3. The van der Waals surface area contributed by atoms with Crippen LogP contribution in [0.1, 0.15) is 0 Å². The molecule has 6 heteroatoms. The second-order valence-electron chi connectivity index (χ2n) is 3.52. The minimum absolute atomic E-state index is 0.307. The van der Waals surface area contributed by atoms with Crippen molar-refractivity contribution in [2.45, 2.75) is 0 Å². The van der Waals surface area contributed by atoms with Crippen LogP contribution in [0.25, 0.3) is 16.8 Å². The summed E-state index contributed by atoms with van der Waals surface area (Å²) in [5.41, 5.74) is 1.52. The first-order valence-corrected chi connectivity index (χ1v) is 4.94. The lowest BCUT2D eigenvalue weighted by atomic mass is 10.1. The van der Waals surface area contributed by atoms with E-state index in [-0.39, 0.29) is 5.82 Å². The third-order valence-electron chi connectivity index (χ3n) is 2.47. The number of rotatable bonds is 1. The highest BCUT2D eigenvalue weighted by Crippen LogP contribution is 2.21. The van der Waals surface area contributed by atoms with E-state index in [4.69, 9.17) is 0 Å².